The Bertz CT molecular complexity index is 443. The highest BCUT2D eigenvalue weighted by molar-refractivity contribution is 9.10. The second kappa shape index (κ2) is 7.16. The molecule has 0 saturated heterocycles. The molecular weight excluding hydrogens is 300 g/mol. The van der Waals surface area contributed by atoms with Crippen LogP contribution in [0.1, 0.15) is 29.3 Å². The van der Waals surface area contributed by atoms with Crippen LogP contribution in [0.25, 0.3) is 0 Å². The standard InChI is InChI=1S/C13H15BrO4/c1-3-18-13(16)10-6-4-9(8-11(10)14)5-7-12(15)17-2/h4,6,8H,3,5,7H2,1-2H3. The third-order valence-corrected chi connectivity index (χ3v) is 3.03. The van der Waals surface area contributed by atoms with Gasteiger partial charge in [-0.3, -0.25) is 4.79 Å². The second-order valence-electron chi connectivity index (χ2n) is 3.61. The van der Waals surface area contributed by atoms with Crippen LogP contribution in [-0.2, 0) is 20.7 Å². The topological polar surface area (TPSA) is 52.6 Å². The summed E-state index contributed by atoms with van der Waals surface area (Å²) in [5.41, 5.74) is 1.44. The Labute approximate surface area is 114 Å². The maximum Gasteiger partial charge on any atom is 0.339 e. The van der Waals surface area contributed by atoms with E-state index in [0.717, 1.165) is 5.56 Å². The normalized spacial score (nSPS) is 9.94. The molecule has 1 aromatic carbocycles. The summed E-state index contributed by atoms with van der Waals surface area (Å²) in [5, 5.41) is 0. The smallest absolute Gasteiger partial charge is 0.339 e. The van der Waals surface area contributed by atoms with Crippen molar-refractivity contribution in [3.05, 3.63) is 33.8 Å². The highest BCUT2D eigenvalue weighted by atomic mass is 79.9. The number of rotatable bonds is 5. The van der Waals surface area contributed by atoms with E-state index in [1.165, 1.54) is 7.11 Å². The van der Waals surface area contributed by atoms with Gasteiger partial charge in [-0.15, -0.1) is 0 Å². The maximum absolute atomic E-state index is 11.6. The first-order valence-corrected chi connectivity index (χ1v) is 6.40. The van der Waals surface area contributed by atoms with Gasteiger partial charge in [-0.05, 0) is 47.0 Å². The molecule has 0 saturated carbocycles. The molecule has 1 aromatic rings. The lowest BCUT2D eigenvalue weighted by Gasteiger charge is -2.06. The molecule has 0 N–H and O–H groups in total. The largest absolute Gasteiger partial charge is 0.469 e. The Morgan fingerprint density at radius 1 is 1.33 bits per heavy atom. The van der Waals surface area contributed by atoms with Crippen molar-refractivity contribution in [2.45, 2.75) is 19.8 Å². The van der Waals surface area contributed by atoms with Crippen molar-refractivity contribution in [2.75, 3.05) is 13.7 Å². The van der Waals surface area contributed by atoms with Crippen LogP contribution < -0.4 is 0 Å². The van der Waals surface area contributed by atoms with Crippen molar-refractivity contribution < 1.29 is 19.1 Å². The van der Waals surface area contributed by atoms with E-state index < -0.39 is 0 Å². The van der Waals surface area contributed by atoms with Crippen LogP contribution in [0.2, 0.25) is 0 Å². The first-order valence-electron chi connectivity index (χ1n) is 5.60. The van der Waals surface area contributed by atoms with E-state index in [0.29, 0.717) is 29.5 Å². The van der Waals surface area contributed by atoms with E-state index in [1.807, 2.05) is 6.07 Å². The summed E-state index contributed by atoms with van der Waals surface area (Å²) < 4.78 is 10.2. The Kier molecular flexibility index (Phi) is 5.85. The fourth-order valence-corrected chi connectivity index (χ4v) is 2.03. The number of halogens is 1. The molecule has 0 aliphatic carbocycles. The van der Waals surface area contributed by atoms with Crippen molar-refractivity contribution in [2.24, 2.45) is 0 Å². The predicted molar refractivity (Wildman–Crippen MR) is 70.4 cm³/mol. The predicted octanol–water partition coefficient (Wildman–Crippen LogP) is 2.73. The van der Waals surface area contributed by atoms with Crippen LogP contribution >= 0.6 is 15.9 Å². The molecule has 4 nitrogen and oxygen atoms in total. The molecule has 0 aromatic heterocycles. The number of carbonyl (C=O) groups excluding carboxylic acids is 2. The van der Waals surface area contributed by atoms with Crippen LogP contribution in [0.3, 0.4) is 0 Å². The minimum atomic E-state index is -0.358. The van der Waals surface area contributed by atoms with Gasteiger partial charge in [0.25, 0.3) is 0 Å². The fraction of sp³-hybridized carbons (Fsp3) is 0.385. The molecule has 5 heteroatoms. The van der Waals surface area contributed by atoms with Crippen molar-refractivity contribution in [1.29, 1.82) is 0 Å². The maximum atomic E-state index is 11.6. The van der Waals surface area contributed by atoms with Crippen LogP contribution in [0.4, 0.5) is 0 Å². The molecule has 0 radical (unpaired) electrons. The molecule has 0 heterocycles. The lowest BCUT2D eigenvalue weighted by Crippen LogP contribution is -2.06. The van der Waals surface area contributed by atoms with E-state index in [9.17, 15) is 9.59 Å². The summed E-state index contributed by atoms with van der Waals surface area (Å²) in [7, 11) is 1.36. The van der Waals surface area contributed by atoms with E-state index in [1.54, 1.807) is 19.1 Å². The van der Waals surface area contributed by atoms with Gasteiger partial charge < -0.3 is 9.47 Å². The van der Waals surface area contributed by atoms with Gasteiger partial charge in [0.2, 0.25) is 0 Å². The Balaban J connectivity index is 2.73. The van der Waals surface area contributed by atoms with Crippen LogP contribution in [-0.4, -0.2) is 25.7 Å². The van der Waals surface area contributed by atoms with Crippen molar-refractivity contribution >= 4 is 27.9 Å². The molecule has 0 spiro atoms. The average Bonchev–Trinajstić information content (AvgIpc) is 2.36. The number of esters is 2. The number of hydrogen-bond acceptors (Lipinski definition) is 4. The quantitative estimate of drug-likeness (QED) is 0.784. The first kappa shape index (κ1) is 14.7. The molecule has 98 valence electrons. The first-order chi connectivity index (χ1) is 8.58. The number of aryl methyl sites for hydroxylation is 1. The zero-order valence-corrected chi connectivity index (χ0v) is 12.0. The minimum Gasteiger partial charge on any atom is -0.469 e. The van der Waals surface area contributed by atoms with Gasteiger partial charge in [0.15, 0.2) is 0 Å². The fourth-order valence-electron chi connectivity index (χ4n) is 1.44. The van der Waals surface area contributed by atoms with Gasteiger partial charge in [-0.1, -0.05) is 6.07 Å². The van der Waals surface area contributed by atoms with Crippen LogP contribution in [0.15, 0.2) is 22.7 Å². The minimum absolute atomic E-state index is 0.249. The molecule has 0 bridgehead atoms. The van der Waals surface area contributed by atoms with Gasteiger partial charge in [-0.2, -0.15) is 0 Å². The lowest BCUT2D eigenvalue weighted by molar-refractivity contribution is -0.140. The summed E-state index contributed by atoms with van der Waals surface area (Å²) in [6, 6.07) is 5.31. The zero-order valence-electron chi connectivity index (χ0n) is 10.4. The van der Waals surface area contributed by atoms with Crippen molar-refractivity contribution in [3.63, 3.8) is 0 Å². The molecule has 18 heavy (non-hydrogen) atoms. The van der Waals surface area contributed by atoms with Gasteiger partial charge >= 0.3 is 11.9 Å². The molecule has 0 fully saturated rings. The summed E-state index contributed by atoms with van der Waals surface area (Å²) in [6.45, 7) is 2.10. The number of methoxy groups -OCH3 is 1. The summed E-state index contributed by atoms with van der Waals surface area (Å²) >= 11 is 3.32. The van der Waals surface area contributed by atoms with Crippen LogP contribution in [0.5, 0.6) is 0 Å². The van der Waals surface area contributed by atoms with E-state index in [4.69, 9.17) is 4.74 Å². The average molecular weight is 315 g/mol. The number of hydrogen-bond donors (Lipinski definition) is 0. The lowest BCUT2D eigenvalue weighted by atomic mass is 10.1. The third-order valence-electron chi connectivity index (χ3n) is 2.37. The summed E-state index contributed by atoms with van der Waals surface area (Å²) in [5.74, 6) is -0.607. The van der Waals surface area contributed by atoms with E-state index >= 15 is 0 Å². The molecule has 1 rings (SSSR count). The second-order valence-corrected chi connectivity index (χ2v) is 4.47. The molecule has 0 aliphatic rings. The SMILES string of the molecule is CCOC(=O)c1ccc(CCC(=O)OC)cc1Br. The highest BCUT2D eigenvalue weighted by Gasteiger charge is 2.11. The number of carbonyl (C=O) groups is 2. The van der Waals surface area contributed by atoms with E-state index in [-0.39, 0.29) is 11.9 Å². The van der Waals surface area contributed by atoms with Gasteiger partial charge in [-0.25, -0.2) is 4.79 Å². The number of benzene rings is 1. The van der Waals surface area contributed by atoms with Crippen molar-refractivity contribution in [3.8, 4) is 0 Å². The molecular formula is C13H15BrO4. The van der Waals surface area contributed by atoms with Gasteiger partial charge in [0.1, 0.15) is 0 Å². The third kappa shape index (κ3) is 4.14. The Hall–Kier alpha value is -1.36. The summed E-state index contributed by atoms with van der Waals surface area (Å²) in [6.07, 6.45) is 0.899. The van der Waals surface area contributed by atoms with Gasteiger partial charge in [0.05, 0.1) is 19.3 Å². The molecule has 0 atom stereocenters. The monoisotopic (exact) mass is 314 g/mol. The van der Waals surface area contributed by atoms with Crippen molar-refractivity contribution in [1.82, 2.24) is 0 Å². The Morgan fingerprint density at radius 2 is 2.06 bits per heavy atom. The summed E-state index contributed by atoms with van der Waals surface area (Å²) in [4.78, 5) is 22.6. The van der Waals surface area contributed by atoms with Gasteiger partial charge in [0, 0.05) is 10.9 Å². The molecule has 0 unspecified atom stereocenters. The highest BCUT2D eigenvalue weighted by Crippen LogP contribution is 2.20. The molecule has 0 aliphatic heterocycles. The molecule has 0 amide bonds. The van der Waals surface area contributed by atoms with E-state index in [2.05, 4.69) is 20.7 Å². The zero-order chi connectivity index (χ0) is 13.5. The Morgan fingerprint density at radius 3 is 2.61 bits per heavy atom. The van der Waals surface area contributed by atoms with Crippen LogP contribution in [0, 0.1) is 0 Å². The number of ether oxygens (including phenoxy) is 2.